The highest BCUT2D eigenvalue weighted by Crippen LogP contribution is 2.27. The summed E-state index contributed by atoms with van der Waals surface area (Å²) in [5, 5.41) is 9.08. The number of carboxylic acids is 1. The monoisotopic (exact) mass is 524 g/mol. The summed E-state index contributed by atoms with van der Waals surface area (Å²) in [6, 6.07) is 11.7. The van der Waals surface area contributed by atoms with Gasteiger partial charge in [-0.25, -0.2) is 9.78 Å². The molecule has 9 nitrogen and oxygen atoms in total. The van der Waals surface area contributed by atoms with Gasteiger partial charge in [-0.05, 0) is 88.6 Å². The Morgan fingerprint density at radius 3 is 2.32 bits per heavy atom. The number of aliphatic carboxylic acids is 1. The average Bonchev–Trinajstić information content (AvgIpc) is 3.22. The van der Waals surface area contributed by atoms with Crippen molar-refractivity contribution in [1.29, 1.82) is 0 Å². The maximum atomic E-state index is 12.4. The predicted octanol–water partition coefficient (Wildman–Crippen LogP) is 5.03. The van der Waals surface area contributed by atoms with Crippen molar-refractivity contribution in [3.63, 3.8) is 0 Å². The Bertz CT molecular complexity index is 1230. The number of rotatable bonds is 13. The molecule has 0 aliphatic heterocycles. The van der Waals surface area contributed by atoms with Gasteiger partial charge in [0, 0.05) is 18.4 Å². The van der Waals surface area contributed by atoms with Crippen LogP contribution in [0.2, 0.25) is 0 Å². The lowest BCUT2D eigenvalue weighted by atomic mass is 9.97. The molecule has 0 bridgehead atoms. The molecule has 0 amide bonds. The lowest BCUT2D eigenvalue weighted by Crippen LogP contribution is -2.27. The Balaban J connectivity index is 1.69. The van der Waals surface area contributed by atoms with Crippen LogP contribution in [0.15, 0.2) is 46.9 Å². The second-order valence-corrected chi connectivity index (χ2v) is 9.53. The van der Waals surface area contributed by atoms with Crippen LogP contribution in [0.25, 0.3) is 11.5 Å². The number of hydrogen-bond donors (Lipinski definition) is 2. The van der Waals surface area contributed by atoms with E-state index in [0.717, 1.165) is 17.0 Å². The van der Waals surface area contributed by atoms with Gasteiger partial charge >= 0.3 is 11.9 Å². The topological polar surface area (TPSA) is 134 Å². The van der Waals surface area contributed by atoms with Gasteiger partial charge < -0.3 is 29.5 Å². The molecule has 2 aromatic carbocycles. The van der Waals surface area contributed by atoms with Crippen molar-refractivity contribution >= 4 is 11.9 Å². The summed E-state index contributed by atoms with van der Waals surface area (Å²) in [4.78, 5) is 28.2. The molecule has 3 rings (SSSR count). The van der Waals surface area contributed by atoms with Crippen LogP contribution in [0, 0.1) is 6.92 Å². The number of benzene rings is 2. The van der Waals surface area contributed by atoms with E-state index in [1.807, 2.05) is 45.0 Å². The van der Waals surface area contributed by atoms with E-state index in [9.17, 15) is 9.59 Å². The zero-order valence-electron chi connectivity index (χ0n) is 22.5. The first-order valence-electron chi connectivity index (χ1n) is 12.7. The quantitative estimate of drug-likeness (QED) is 0.295. The van der Waals surface area contributed by atoms with Crippen LogP contribution >= 0.6 is 0 Å². The van der Waals surface area contributed by atoms with E-state index < -0.39 is 18.0 Å². The third-order valence-electron chi connectivity index (χ3n) is 5.64. The number of ether oxygens (including phenoxy) is 3. The first-order valence-corrected chi connectivity index (χ1v) is 12.7. The lowest BCUT2D eigenvalue weighted by molar-refractivity contribution is -0.149. The maximum absolute atomic E-state index is 12.4. The van der Waals surface area contributed by atoms with E-state index in [-0.39, 0.29) is 25.0 Å². The Morgan fingerprint density at radius 1 is 1.00 bits per heavy atom. The second-order valence-electron chi connectivity index (χ2n) is 9.53. The SMILES string of the molecule is Cc1oc(-c2ccc(OC(C)C)cc2)nc1CCOc1ccc(CCC(=O)O)c(C(N)C(=O)OC(C)C)c1. The summed E-state index contributed by atoms with van der Waals surface area (Å²) in [7, 11) is 0. The molecule has 0 saturated carbocycles. The summed E-state index contributed by atoms with van der Waals surface area (Å²) in [5.41, 5.74) is 8.96. The zero-order valence-corrected chi connectivity index (χ0v) is 22.5. The fourth-order valence-electron chi connectivity index (χ4n) is 3.85. The summed E-state index contributed by atoms with van der Waals surface area (Å²) >= 11 is 0. The van der Waals surface area contributed by atoms with Crippen molar-refractivity contribution in [3.05, 3.63) is 65.0 Å². The van der Waals surface area contributed by atoms with Crippen molar-refractivity contribution in [2.45, 2.75) is 72.1 Å². The fourth-order valence-corrected chi connectivity index (χ4v) is 3.85. The van der Waals surface area contributed by atoms with Crippen molar-refractivity contribution in [1.82, 2.24) is 4.98 Å². The van der Waals surface area contributed by atoms with Crippen LogP contribution < -0.4 is 15.2 Å². The Kier molecular flexibility index (Phi) is 9.90. The highest BCUT2D eigenvalue weighted by atomic mass is 16.5. The molecule has 0 aliphatic carbocycles. The van der Waals surface area contributed by atoms with Crippen LogP contribution in [-0.2, 0) is 27.2 Å². The molecule has 0 spiro atoms. The molecular formula is C29H36N2O7. The van der Waals surface area contributed by atoms with Gasteiger partial charge in [0.25, 0.3) is 0 Å². The molecule has 204 valence electrons. The minimum atomic E-state index is -1.05. The molecule has 0 saturated heterocycles. The van der Waals surface area contributed by atoms with Crippen molar-refractivity contribution in [2.24, 2.45) is 5.73 Å². The molecule has 1 heterocycles. The standard InChI is InChI=1S/C29H36N2O7/c1-17(2)36-22-10-7-21(8-11-22)28-31-25(19(5)38-28)14-15-35-23-12-6-20(9-13-26(32)33)24(16-23)27(30)29(34)37-18(3)4/h6-8,10-12,16-18,27H,9,13-15,30H2,1-5H3,(H,32,33). The van der Waals surface area contributed by atoms with Crippen molar-refractivity contribution in [3.8, 4) is 23.0 Å². The number of nitrogens with zero attached hydrogens (tertiary/aromatic N) is 1. The molecule has 3 N–H and O–H groups in total. The average molecular weight is 525 g/mol. The molecule has 0 fully saturated rings. The summed E-state index contributed by atoms with van der Waals surface area (Å²) < 4.78 is 22.8. The lowest BCUT2D eigenvalue weighted by Gasteiger charge is -2.18. The Morgan fingerprint density at radius 2 is 1.68 bits per heavy atom. The van der Waals surface area contributed by atoms with Gasteiger partial charge in [-0.1, -0.05) is 6.07 Å². The van der Waals surface area contributed by atoms with Crippen LogP contribution in [0.5, 0.6) is 11.5 Å². The second kappa shape index (κ2) is 13.1. The molecular weight excluding hydrogens is 488 g/mol. The zero-order chi connectivity index (χ0) is 27.8. The number of carboxylic acid groups (broad SMARTS) is 1. The summed E-state index contributed by atoms with van der Waals surface area (Å²) in [5.74, 6) is 1.00. The number of nitrogens with two attached hydrogens (primary N) is 1. The largest absolute Gasteiger partial charge is 0.493 e. The molecule has 0 radical (unpaired) electrons. The highest BCUT2D eigenvalue weighted by Gasteiger charge is 2.23. The van der Waals surface area contributed by atoms with E-state index >= 15 is 0 Å². The summed E-state index contributed by atoms with van der Waals surface area (Å²) in [6.07, 6.45) is 0.427. The first kappa shape index (κ1) is 28.7. The summed E-state index contributed by atoms with van der Waals surface area (Å²) in [6.45, 7) is 9.60. The first-order chi connectivity index (χ1) is 18.0. The van der Waals surface area contributed by atoms with Crippen LogP contribution in [0.1, 0.15) is 62.7 Å². The third kappa shape index (κ3) is 8.08. The Labute approximate surface area is 222 Å². The minimum absolute atomic E-state index is 0.0829. The number of esters is 1. The molecule has 3 aromatic rings. The van der Waals surface area contributed by atoms with Gasteiger partial charge in [0.2, 0.25) is 5.89 Å². The van der Waals surface area contributed by atoms with Gasteiger partial charge in [0.05, 0.1) is 24.5 Å². The number of carbonyl (C=O) groups is 2. The molecule has 9 heteroatoms. The van der Waals surface area contributed by atoms with Gasteiger partial charge in [0.1, 0.15) is 23.3 Å². The molecule has 1 unspecified atom stereocenters. The van der Waals surface area contributed by atoms with Gasteiger partial charge in [-0.2, -0.15) is 0 Å². The fraction of sp³-hybridized carbons (Fsp3) is 0.414. The normalized spacial score (nSPS) is 12.0. The van der Waals surface area contributed by atoms with Crippen LogP contribution in [0.3, 0.4) is 0 Å². The van der Waals surface area contributed by atoms with Crippen LogP contribution in [0.4, 0.5) is 0 Å². The van der Waals surface area contributed by atoms with Crippen molar-refractivity contribution in [2.75, 3.05) is 6.61 Å². The van der Waals surface area contributed by atoms with Crippen molar-refractivity contribution < 1.29 is 33.3 Å². The van der Waals surface area contributed by atoms with Gasteiger partial charge in [0.15, 0.2) is 0 Å². The molecule has 38 heavy (non-hydrogen) atoms. The highest BCUT2D eigenvalue weighted by molar-refractivity contribution is 5.78. The third-order valence-corrected chi connectivity index (χ3v) is 5.64. The van der Waals surface area contributed by atoms with E-state index in [1.165, 1.54) is 0 Å². The predicted molar refractivity (Wildman–Crippen MR) is 142 cm³/mol. The van der Waals surface area contributed by atoms with Crippen LogP contribution in [-0.4, -0.2) is 40.8 Å². The smallest absolute Gasteiger partial charge is 0.327 e. The molecule has 1 atom stereocenters. The maximum Gasteiger partial charge on any atom is 0.327 e. The Hall–Kier alpha value is -3.85. The van der Waals surface area contributed by atoms with E-state index in [2.05, 4.69) is 4.98 Å². The minimum Gasteiger partial charge on any atom is -0.493 e. The van der Waals surface area contributed by atoms with E-state index in [0.29, 0.717) is 41.6 Å². The van der Waals surface area contributed by atoms with E-state index in [1.54, 1.807) is 32.0 Å². The van der Waals surface area contributed by atoms with Gasteiger partial charge in [-0.3, -0.25) is 4.79 Å². The number of oxazole rings is 1. The number of hydrogen-bond acceptors (Lipinski definition) is 8. The molecule has 1 aromatic heterocycles. The molecule has 0 aliphatic rings. The number of aryl methyl sites for hydroxylation is 2. The van der Waals surface area contributed by atoms with Gasteiger partial charge in [-0.15, -0.1) is 0 Å². The number of aromatic nitrogens is 1. The van der Waals surface area contributed by atoms with E-state index in [4.69, 9.17) is 29.5 Å². The number of carbonyl (C=O) groups excluding carboxylic acids is 1.